The molecule has 1 amide bonds. The monoisotopic (exact) mass is 516 g/mol. The predicted molar refractivity (Wildman–Crippen MR) is 139 cm³/mol. The summed E-state index contributed by atoms with van der Waals surface area (Å²) in [5, 5.41) is 6.45. The summed E-state index contributed by atoms with van der Waals surface area (Å²) in [6.07, 6.45) is 0. The van der Waals surface area contributed by atoms with Gasteiger partial charge in [0.05, 0.1) is 23.6 Å². The minimum Gasteiger partial charge on any atom is -0.319 e. The van der Waals surface area contributed by atoms with E-state index >= 15 is 0 Å². The number of fused-ring (bicyclic) bond motifs is 1. The first-order valence-corrected chi connectivity index (χ1v) is 12.8. The lowest BCUT2D eigenvalue weighted by Gasteiger charge is -2.25. The molecule has 170 valence electrons. The first-order valence-electron chi connectivity index (χ1n) is 10.6. The van der Waals surface area contributed by atoms with Crippen LogP contribution in [0, 0.1) is 20.8 Å². The smallest absolute Gasteiger partial charge is 0.257 e. The third-order valence-electron chi connectivity index (χ3n) is 6.18. The van der Waals surface area contributed by atoms with E-state index in [4.69, 9.17) is 40.5 Å². The van der Waals surface area contributed by atoms with Gasteiger partial charge in [0, 0.05) is 15.8 Å². The number of nitrogens with zero attached hydrogens (tertiary/aromatic N) is 4. The number of aromatic nitrogens is 2. The van der Waals surface area contributed by atoms with Crippen molar-refractivity contribution >= 4 is 63.9 Å². The van der Waals surface area contributed by atoms with Gasteiger partial charge in [-0.2, -0.15) is 5.10 Å². The molecule has 2 aliphatic rings. The van der Waals surface area contributed by atoms with E-state index in [1.165, 1.54) is 5.56 Å². The maximum absolute atomic E-state index is 13.5. The predicted octanol–water partition coefficient (Wildman–Crippen LogP) is 5.91. The molecule has 2 atom stereocenters. The Morgan fingerprint density at radius 1 is 1.12 bits per heavy atom. The summed E-state index contributed by atoms with van der Waals surface area (Å²) in [6.45, 7) is 6.42. The minimum atomic E-state index is -0.262. The molecule has 0 spiro atoms. The molecular formula is C24H22Cl2N4OS2. The molecule has 0 unspecified atom stereocenters. The second-order valence-electron chi connectivity index (χ2n) is 8.39. The number of halogens is 2. The highest BCUT2D eigenvalue weighted by molar-refractivity contribution is 7.99. The van der Waals surface area contributed by atoms with E-state index in [-0.39, 0.29) is 17.3 Å². The first-order chi connectivity index (χ1) is 15.8. The molecule has 3 aromatic rings. The average molecular weight is 518 g/mol. The fraction of sp³-hybridized carbons (Fsp3) is 0.292. The van der Waals surface area contributed by atoms with Crippen LogP contribution in [0.1, 0.15) is 33.5 Å². The molecule has 0 N–H and O–H groups in total. The fourth-order valence-corrected chi connectivity index (χ4v) is 6.83. The Labute approximate surface area is 212 Å². The number of benzene rings is 2. The number of hydrogen-bond acceptors (Lipinski definition) is 4. The molecule has 2 saturated heterocycles. The van der Waals surface area contributed by atoms with Crippen molar-refractivity contribution in [2.75, 3.05) is 10.7 Å². The molecule has 0 bridgehead atoms. The van der Waals surface area contributed by atoms with Crippen LogP contribution in [0.2, 0.25) is 10.0 Å². The van der Waals surface area contributed by atoms with Crippen molar-refractivity contribution in [1.82, 2.24) is 14.7 Å². The lowest BCUT2D eigenvalue weighted by molar-refractivity contribution is -0.119. The van der Waals surface area contributed by atoms with Gasteiger partial charge in [-0.25, -0.2) is 0 Å². The van der Waals surface area contributed by atoms with Gasteiger partial charge in [0.15, 0.2) is 5.11 Å². The van der Waals surface area contributed by atoms with E-state index in [0.717, 1.165) is 28.2 Å². The summed E-state index contributed by atoms with van der Waals surface area (Å²) in [5.41, 5.74) is 5.66. The number of hydrogen-bond donors (Lipinski definition) is 0. The van der Waals surface area contributed by atoms with Crippen LogP contribution in [0.25, 0.3) is 0 Å². The van der Waals surface area contributed by atoms with E-state index in [1.807, 2.05) is 30.7 Å². The number of rotatable bonds is 4. The Kier molecular flexibility index (Phi) is 5.93. The summed E-state index contributed by atoms with van der Waals surface area (Å²) in [4.78, 5) is 17.3. The Bertz CT molecular complexity index is 1270. The summed E-state index contributed by atoms with van der Waals surface area (Å²) in [7, 11) is 0. The number of amides is 1. The van der Waals surface area contributed by atoms with Crippen LogP contribution >= 0.6 is 47.2 Å². The molecule has 1 aromatic heterocycles. The Hall–Kier alpha value is -2.06. The topological polar surface area (TPSA) is 41.4 Å². The first kappa shape index (κ1) is 22.7. The van der Waals surface area contributed by atoms with Crippen molar-refractivity contribution in [2.24, 2.45) is 0 Å². The number of carbonyl (C=O) groups is 1. The van der Waals surface area contributed by atoms with Crippen molar-refractivity contribution in [3.05, 3.63) is 80.6 Å². The second-order valence-corrected chi connectivity index (χ2v) is 10.7. The third kappa shape index (κ3) is 3.85. The average Bonchev–Trinajstić information content (AvgIpc) is 3.39. The van der Waals surface area contributed by atoms with Crippen molar-refractivity contribution in [3.63, 3.8) is 0 Å². The highest BCUT2D eigenvalue weighted by Crippen LogP contribution is 2.47. The van der Waals surface area contributed by atoms with Gasteiger partial charge >= 0.3 is 0 Å². The van der Waals surface area contributed by atoms with Gasteiger partial charge in [-0.1, -0.05) is 59.1 Å². The van der Waals surface area contributed by atoms with Gasteiger partial charge in [-0.3, -0.25) is 14.4 Å². The Balaban J connectivity index is 1.47. The van der Waals surface area contributed by atoms with Crippen LogP contribution in [0.4, 0.5) is 5.69 Å². The van der Waals surface area contributed by atoms with E-state index < -0.39 is 0 Å². The molecule has 9 heteroatoms. The number of thiocarbonyl (C=S) groups is 1. The van der Waals surface area contributed by atoms with E-state index in [1.54, 1.807) is 22.7 Å². The maximum Gasteiger partial charge on any atom is 0.257 e. The quantitative estimate of drug-likeness (QED) is 0.403. The molecule has 2 fully saturated rings. The summed E-state index contributed by atoms with van der Waals surface area (Å²) >= 11 is 20.1. The molecular weight excluding hydrogens is 495 g/mol. The van der Waals surface area contributed by atoms with Crippen molar-refractivity contribution in [3.8, 4) is 0 Å². The van der Waals surface area contributed by atoms with E-state index in [0.29, 0.717) is 27.5 Å². The highest BCUT2D eigenvalue weighted by atomic mass is 35.5. The zero-order valence-electron chi connectivity index (χ0n) is 18.4. The van der Waals surface area contributed by atoms with Crippen LogP contribution in [-0.4, -0.2) is 37.5 Å². The molecule has 0 radical (unpaired) electrons. The molecule has 33 heavy (non-hydrogen) atoms. The van der Waals surface area contributed by atoms with Crippen LogP contribution in [0.5, 0.6) is 0 Å². The number of carbonyl (C=O) groups excluding carboxylic acids is 1. The third-order valence-corrected chi connectivity index (χ3v) is 8.49. The molecule has 2 aliphatic heterocycles. The second kappa shape index (κ2) is 8.62. The molecule has 0 aliphatic carbocycles. The standard InChI is InChI=1S/C24H22Cl2N4OS2/c1-13-4-6-16(7-5-13)23-29-20(12-33-23)22(31)30(24(29)32)21-14(2)27-28(15(21)3)11-17-8-9-18(25)10-19(17)26/h4-10,20,23H,11-12H2,1-3H3/t20-,23-/m0/s1. The minimum absolute atomic E-state index is 0.0115. The lowest BCUT2D eigenvalue weighted by Crippen LogP contribution is -2.34. The molecule has 0 saturated carbocycles. The van der Waals surface area contributed by atoms with Crippen molar-refractivity contribution < 1.29 is 4.79 Å². The maximum atomic E-state index is 13.5. The SMILES string of the molecule is Cc1ccc([C@@H]2SC[C@H]3C(=O)N(c4c(C)nn(Cc5ccc(Cl)cc5Cl)c4C)C(=S)N32)cc1. The number of anilines is 1. The highest BCUT2D eigenvalue weighted by Gasteiger charge is 2.51. The normalized spacial score (nSPS) is 20.2. The number of aryl methyl sites for hydroxylation is 2. The van der Waals surface area contributed by atoms with Crippen LogP contribution in [-0.2, 0) is 11.3 Å². The van der Waals surface area contributed by atoms with E-state index in [9.17, 15) is 4.79 Å². The van der Waals surface area contributed by atoms with Crippen LogP contribution < -0.4 is 4.90 Å². The molecule has 2 aromatic carbocycles. The Morgan fingerprint density at radius 2 is 1.85 bits per heavy atom. The zero-order chi connectivity index (χ0) is 23.4. The lowest BCUT2D eigenvalue weighted by atomic mass is 10.1. The fourth-order valence-electron chi connectivity index (χ4n) is 4.46. The Morgan fingerprint density at radius 3 is 2.55 bits per heavy atom. The summed E-state index contributed by atoms with van der Waals surface area (Å²) < 4.78 is 1.87. The van der Waals surface area contributed by atoms with Gasteiger partial charge in [0.25, 0.3) is 5.91 Å². The van der Waals surface area contributed by atoms with Crippen LogP contribution in [0.15, 0.2) is 42.5 Å². The van der Waals surface area contributed by atoms with Gasteiger partial charge in [0.2, 0.25) is 0 Å². The van der Waals surface area contributed by atoms with Crippen molar-refractivity contribution in [2.45, 2.75) is 38.7 Å². The van der Waals surface area contributed by atoms with Gasteiger partial charge in [0.1, 0.15) is 11.4 Å². The van der Waals surface area contributed by atoms with Crippen molar-refractivity contribution in [1.29, 1.82) is 0 Å². The molecule has 5 rings (SSSR count). The molecule has 5 nitrogen and oxygen atoms in total. The van der Waals surface area contributed by atoms with Gasteiger partial charge in [-0.05, 0) is 56.2 Å². The van der Waals surface area contributed by atoms with Gasteiger partial charge in [-0.15, -0.1) is 11.8 Å². The summed E-state index contributed by atoms with van der Waals surface area (Å²) in [5.74, 6) is 0.720. The zero-order valence-corrected chi connectivity index (χ0v) is 21.5. The molecule has 3 heterocycles. The summed E-state index contributed by atoms with van der Waals surface area (Å²) in [6, 6.07) is 13.6. The van der Waals surface area contributed by atoms with E-state index in [2.05, 4.69) is 36.1 Å². The number of thioether (sulfide) groups is 1. The largest absolute Gasteiger partial charge is 0.319 e. The van der Waals surface area contributed by atoms with Gasteiger partial charge < -0.3 is 4.90 Å². The van der Waals surface area contributed by atoms with Crippen LogP contribution in [0.3, 0.4) is 0 Å².